The van der Waals surface area contributed by atoms with Crippen molar-refractivity contribution in [3.8, 4) is 0 Å². The first kappa shape index (κ1) is 12.6. The summed E-state index contributed by atoms with van der Waals surface area (Å²) in [4.78, 5) is 11.2. The minimum atomic E-state index is -0.0629. The molecule has 1 aromatic heterocycles. The van der Waals surface area contributed by atoms with Crippen molar-refractivity contribution < 1.29 is 9.53 Å². The third-order valence-corrected chi connectivity index (χ3v) is 1.94. The number of hydrogen-bond donors (Lipinski definition) is 1. The average molecular weight is 226 g/mol. The van der Waals surface area contributed by atoms with Crippen LogP contribution >= 0.6 is 0 Å². The smallest absolute Gasteiger partial charge is 0.245 e. The Hall–Kier alpha value is -1.43. The van der Waals surface area contributed by atoms with Gasteiger partial charge in [-0.25, -0.2) is 0 Å². The third-order valence-electron chi connectivity index (χ3n) is 1.94. The number of nitrogens with one attached hydrogen (secondary N) is 1. The number of rotatable bonds is 8. The molecule has 0 bridgehead atoms. The van der Waals surface area contributed by atoms with Crippen molar-refractivity contribution in [1.82, 2.24) is 20.3 Å². The van der Waals surface area contributed by atoms with Crippen molar-refractivity contribution in [2.24, 2.45) is 0 Å². The van der Waals surface area contributed by atoms with E-state index in [4.69, 9.17) is 4.74 Å². The van der Waals surface area contributed by atoms with Crippen LogP contribution < -0.4 is 5.32 Å². The molecule has 1 aromatic rings. The molecule has 0 aromatic carbocycles. The van der Waals surface area contributed by atoms with Crippen LogP contribution in [0.1, 0.15) is 19.8 Å². The van der Waals surface area contributed by atoms with Gasteiger partial charge in [-0.05, 0) is 12.8 Å². The standard InChI is InChI=1S/C10H18N4O2/c1-2-8-16-9-10(15)11-4-3-6-14-7-5-12-13-14/h5,7H,2-4,6,8-9H2,1H3,(H,11,15). The molecule has 0 aliphatic heterocycles. The zero-order valence-electron chi connectivity index (χ0n) is 9.56. The second kappa shape index (κ2) is 7.81. The minimum Gasteiger partial charge on any atom is -0.372 e. The molecule has 1 N–H and O–H groups in total. The van der Waals surface area contributed by atoms with Crippen LogP contribution in [0, 0.1) is 0 Å². The summed E-state index contributed by atoms with van der Waals surface area (Å²) in [7, 11) is 0. The van der Waals surface area contributed by atoms with Gasteiger partial charge in [-0.2, -0.15) is 0 Å². The highest BCUT2D eigenvalue weighted by Gasteiger charge is 1.99. The summed E-state index contributed by atoms with van der Waals surface area (Å²) in [6.45, 7) is 4.18. The van der Waals surface area contributed by atoms with Gasteiger partial charge in [-0.15, -0.1) is 5.10 Å². The maximum absolute atomic E-state index is 11.2. The summed E-state index contributed by atoms with van der Waals surface area (Å²) < 4.78 is 6.84. The van der Waals surface area contributed by atoms with Crippen molar-refractivity contribution >= 4 is 5.91 Å². The SMILES string of the molecule is CCCOCC(=O)NCCCn1ccnn1. The first-order valence-electron chi connectivity index (χ1n) is 5.51. The fraction of sp³-hybridized carbons (Fsp3) is 0.700. The van der Waals surface area contributed by atoms with Crippen LogP contribution in [0.2, 0.25) is 0 Å². The molecular formula is C10H18N4O2. The number of aromatic nitrogens is 3. The number of carbonyl (C=O) groups is 1. The minimum absolute atomic E-state index is 0.0629. The lowest BCUT2D eigenvalue weighted by atomic mass is 10.4. The van der Waals surface area contributed by atoms with Crippen molar-refractivity contribution in [2.75, 3.05) is 19.8 Å². The average Bonchev–Trinajstić information content (AvgIpc) is 2.78. The molecule has 1 amide bonds. The molecule has 6 nitrogen and oxygen atoms in total. The van der Waals surface area contributed by atoms with Crippen molar-refractivity contribution in [2.45, 2.75) is 26.3 Å². The fourth-order valence-electron chi connectivity index (χ4n) is 1.18. The molecular weight excluding hydrogens is 208 g/mol. The van der Waals surface area contributed by atoms with Gasteiger partial charge >= 0.3 is 0 Å². The molecule has 0 aliphatic carbocycles. The van der Waals surface area contributed by atoms with Crippen LogP contribution in [0.5, 0.6) is 0 Å². The van der Waals surface area contributed by atoms with E-state index in [1.54, 1.807) is 17.1 Å². The number of hydrogen-bond acceptors (Lipinski definition) is 4. The van der Waals surface area contributed by atoms with Gasteiger partial charge < -0.3 is 10.1 Å². The molecule has 0 spiro atoms. The van der Waals surface area contributed by atoms with E-state index in [1.807, 2.05) is 6.92 Å². The summed E-state index contributed by atoms with van der Waals surface area (Å²) in [6.07, 6.45) is 5.20. The maximum atomic E-state index is 11.2. The van der Waals surface area contributed by atoms with E-state index in [0.29, 0.717) is 13.2 Å². The zero-order chi connectivity index (χ0) is 11.6. The van der Waals surface area contributed by atoms with E-state index in [9.17, 15) is 4.79 Å². The quantitative estimate of drug-likeness (QED) is 0.643. The first-order valence-corrected chi connectivity index (χ1v) is 5.51. The second-order valence-electron chi connectivity index (χ2n) is 3.42. The Kier molecular flexibility index (Phi) is 6.17. The topological polar surface area (TPSA) is 69.0 Å². The molecule has 0 radical (unpaired) electrons. The highest BCUT2D eigenvalue weighted by atomic mass is 16.5. The third kappa shape index (κ3) is 5.45. The molecule has 90 valence electrons. The predicted octanol–water partition coefficient (Wildman–Crippen LogP) is 0.211. The molecule has 1 rings (SSSR count). The molecule has 16 heavy (non-hydrogen) atoms. The monoisotopic (exact) mass is 226 g/mol. The lowest BCUT2D eigenvalue weighted by molar-refractivity contribution is -0.125. The fourth-order valence-corrected chi connectivity index (χ4v) is 1.18. The Morgan fingerprint density at radius 3 is 3.12 bits per heavy atom. The highest BCUT2D eigenvalue weighted by molar-refractivity contribution is 5.77. The van der Waals surface area contributed by atoms with Crippen LogP contribution in [0.3, 0.4) is 0 Å². The predicted molar refractivity (Wildman–Crippen MR) is 58.8 cm³/mol. The summed E-state index contributed by atoms with van der Waals surface area (Å²) in [6, 6.07) is 0. The summed E-state index contributed by atoms with van der Waals surface area (Å²) in [5, 5.41) is 10.3. The van der Waals surface area contributed by atoms with Gasteiger partial charge in [0.2, 0.25) is 5.91 Å². The lowest BCUT2D eigenvalue weighted by Gasteiger charge is -2.05. The number of aryl methyl sites for hydroxylation is 1. The summed E-state index contributed by atoms with van der Waals surface area (Å²) in [5.74, 6) is -0.0629. The van der Waals surface area contributed by atoms with E-state index < -0.39 is 0 Å². The van der Waals surface area contributed by atoms with Crippen molar-refractivity contribution in [3.63, 3.8) is 0 Å². The van der Waals surface area contributed by atoms with Gasteiger partial charge in [0.1, 0.15) is 6.61 Å². The summed E-state index contributed by atoms with van der Waals surface area (Å²) >= 11 is 0. The zero-order valence-corrected chi connectivity index (χ0v) is 9.56. The van der Waals surface area contributed by atoms with Crippen molar-refractivity contribution in [1.29, 1.82) is 0 Å². The Labute approximate surface area is 95.0 Å². The van der Waals surface area contributed by atoms with E-state index in [1.165, 1.54) is 0 Å². The highest BCUT2D eigenvalue weighted by Crippen LogP contribution is 1.86. The molecule has 6 heteroatoms. The van der Waals surface area contributed by atoms with Crippen molar-refractivity contribution in [3.05, 3.63) is 12.4 Å². The van der Waals surface area contributed by atoms with Gasteiger partial charge in [0.05, 0.1) is 6.20 Å². The van der Waals surface area contributed by atoms with E-state index >= 15 is 0 Å². The van der Waals surface area contributed by atoms with Crippen LogP contribution in [-0.4, -0.2) is 40.7 Å². The van der Waals surface area contributed by atoms with E-state index in [0.717, 1.165) is 19.4 Å². The molecule has 0 unspecified atom stereocenters. The van der Waals surface area contributed by atoms with Gasteiger partial charge in [0, 0.05) is 25.9 Å². The largest absolute Gasteiger partial charge is 0.372 e. The molecule has 0 aliphatic rings. The number of amides is 1. The number of carbonyl (C=O) groups excluding carboxylic acids is 1. The van der Waals surface area contributed by atoms with Crippen LogP contribution in [0.15, 0.2) is 12.4 Å². The normalized spacial score (nSPS) is 10.3. The van der Waals surface area contributed by atoms with E-state index in [-0.39, 0.29) is 12.5 Å². The van der Waals surface area contributed by atoms with Gasteiger partial charge in [-0.1, -0.05) is 12.1 Å². The maximum Gasteiger partial charge on any atom is 0.245 e. The summed E-state index contributed by atoms with van der Waals surface area (Å²) in [5.41, 5.74) is 0. The Bertz CT molecular complexity index is 287. The Morgan fingerprint density at radius 2 is 2.44 bits per heavy atom. The molecule has 0 saturated carbocycles. The lowest BCUT2D eigenvalue weighted by Crippen LogP contribution is -2.29. The van der Waals surface area contributed by atoms with Gasteiger partial charge in [-0.3, -0.25) is 9.48 Å². The number of ether oxygens (including phenoxy) is 1. The van der Waals surface area contributed by atoms with Gasteiger partial charge in [0.25, 0.3) is 0 Å². The Morgan fingerprint density at radius 1 is 1.56 bits per heavy atom. The van der Waals surface area contributed by atoms with Gasteiger partial charge in [0.15, 0.2) is 0 Å². The molecule has 0 atom stereocenters. The molecule has 1 heterocycles. The number of nitrogens with zero attached hydrogens (tertiary/aromatic N) is 3. The molecule has 0 saturated heterocycles. The van der Waals surface area contributed by atoms with Crippen LogP contribution in [-0.2, 0) is 16.1 Å². The Balaban J connectivity index is 1.96. The first-order chi connectivity index (χ1) is 7.83. The van der Waals surface area contributed by atoms with Crippen LogP contribution in [0.4, 0.5) is 0 Å². The van der Waals surface area contributed by atoms with E-state index in [2.05, 4.69) is 15.6 Å². The van der Waals surface area contributed by atoms with Crippen LogP contribution in [0.25, 0.3) is 0 Å². The molecule has 0 fully saturated rings. The second-order valence-corrected chi connectivity index (χ2v) is 3.42.